The second-order valence-corrected chi connectivity index (χ2v) is 12.3. The van der Waals surface area contributed by atoms with Crippen LogP contribution in [0.5, 0.6) is 0 Å². The lowest BCUT2D eigenvalue weighted by Crippen LogP contribution is -2.44. The van der Waals surface area contributed by atoms with Crippen LogP contribution in [0.2, 0.25) is 10.0 Å². The van der Waals surface area contributed by atoms with Crippen LogP contribution >= 0.6 is 23.2 Å². The first-order valence-electron chi connectivity index (χ1n) is 12.9. The number of alkyl halides is 3. The summed E-state index contributed by atoms with van der Waals surface area (Å²) in [7, 11) is 0. The largest absolute Gasteiger partial charge is 0.417 e. The fourth-order valence-electron chi connectivity index (χ4n) is 5.59. The summed E-state index contributed by atoms with van der Waals surface area (Å²) in [5.74, 6) is -2.26. The van der Waals surface area contributed by atoms with E-state index >= 15 is 4.39 Å². The van der Waals surface area contributed by atoms with Crippen LogP contribution in [0.1, 0.15) is 69.1 Å². The molecule has 0 aliphatic carbocycles. The second-order valence-electron chi connectivity index (χ2n) is 11.5. The Bertz CT molecular complexity index is 1280. The van der Waals surface area contributed by atoms with Crippen molar-refractivity contribution in [1.29, 1.82) is 5.26 Å². The maximum absolute atomic E-state index is 15.6. The average Bonchev–Trinajstić information content (AvgIpc) is 3.16. The molecule has 2 aromatic rings. The second kappa shape index (κ2) is 12.3. The number of halogens is 6. The molecule has 0 bridgehead atoms. The van der Waals surface area contributed by atoms with Crippen molar-refractivity contribution in [3.05, 3.63) is 69.0 Å². The molecule has 3 N–H and O–H groups in total. The number of aliphatic hydroxyl groups excluding tert-OH is 2. The van der Waals surface area contributed by atoms with Crippen molar-refractivity contribution in [3.63, 3.8) is 0 Å². The lowest BCUT2D eigenvalue weighted by molar-refractivity contribution is -0.137. The van der Waals surface area contributed by atoms with Crippen LogP contribution in [-0.4, -0.2) is 40.8 Å². The molecule has 218 valence electrons. The summed E-state index contributed by atoms with van der Waals surface area (Å²) in [6, 6.07) is 7.34. The Morgan fingerprint density at radius 1 is 1.18 bits per heavy atom. The van der Waals surface area contributed by atoms with Gasteiger partial charge in [-0.15, -0.1) is 0 Å². The Balaban J connectivity index is 2.25. The normalized spacial score (nSPS) is 24.1. The summed E-state index contributed by atoms with van der Waals surface area (Å²) in [6.45, 7) is 5.29. The molecule has 1 heterocycles. The Kier molecular flexibility index (Phi) is 9.96. The van der Waals surface area contributed by atoms with Crippen molar-refractivity contribution in [3.8, 4) is 6.07 Å². The van der Waals surface area contributed by atoms with E-state index in [9.17, 15) is 28.3 Å². The number of hydrogen-bond acceptors (Lipinski definition) is 5. The number of rotatable bonds is 9. The minimum atomic E-state index is -4.73. The van der Waals surface area contributed by atoms with Crippen LogP contribution < -0.4 is 5.32 Å². The van der Waals surface area contributed by atoms with Gasteiger partial charge in [-0.1, -0.05) is 56.1 Å². The molecule has 0 saturated carbocycles. The maximum atomic E-state index is 15.6. The maximum Gasteiger partial charge on any atom is 0.417 e. The molecule has 1 aliphatic heterocycles. The average molecular weight is 603 g/mol. The van der Waals surface area contributed by atoms with Gasteiger partial charge in [-0.3, -0.25) is 4.79 Å². The monoisotopic (exact) mass is 602 g/mol. The van der Waals surface area contributed by atoms with Crippen molar-refractivity contribution in [1.82, 2.24) is 5.32 Å². The van der Waals surface area contributed by atoms with Crippen LogP contribution in [-0.2, 0) is 16.4 Å². The third-order valence-corrected chi connectivity index (χ3v) is 7.86. The van der Waals surface area contributed by atoms with E-state index in [4.69, 9.17) is 28.3 Å². The molecule has 2 aromatic carbocycles. The van der Waals surface area contributed by atoms with Crippen LogP contribution in [0.3, 0.4) is 0 Å². The number of carbonyl (C=O) groups is 1. The first kappa shape index (κ1) is 32.3. The molecular weight excluding hydrogens is 571 g/mol. The topological polar surface area (TPSA) is 93.3 Å². The lowest BCUT2D eigenvalue weighted by atomic mass is 9.62. The lowest BCUT2D eigenvalue weighted by Gasteiger charge is -2.37. The van der Waals surface area contributed by atoms with E-state index in [0.717, 1.165) is 18.2 Å². The Morgan fingerprint density at radius 2 is 1.85 bits per heavy atom. The van der Waals surface area contributed by atoms with Crippen molar-refractivity contribution >= 4 is 29.0 Å². The van der Waals surface area contributed by atoms with Gasteiger partial charge in [0.25, 0.3) is 0 Å². The molecule has 3 rings (SSSR count). The highest BCUT2D eigenvalue weighted by Crippen LogP contribution is 2.53. The fourth-order valence-corrected chi connectivity index (χ4v) is 6.05. The van der Waals surface area contributed by atoms with Gasteiger partial charge in [-0.2, -0.15) is 18.4 Å². The quantitative estimate of drug-likeness (QED) is 0.282. The Hall–Kier alpha value is -2.22. The van der Waals surface area contributed by atoms with E-state index in [1.807, 2.05) is 20.8 Å². The summed E-state index contributed by atoms with van der Waals surface area (Å²) in [4.78, 5) is 13.7. The SMILES string of the molecule is CC(C)(C)C[C@@H]1N[C@@H](C(=O)CCC[C@H](O)CO)[C@H](c2ccc(C(F)(F)F)c(Cl)c2)[C@@]1(C#N)c1ccc(Cl)cc1F. The van der Waals surface area contributed by atoms with Gasteiger partial charge in [0, 0.05) is 29.0 Å². The summed E-state index contributed by atoms with van der Waals surface area (Å²) >= 11 is 12.1. The minimum absolute atomic E-state index is 0.0341. The number of nitrogens with zero attached hydrogens (tertiary/aromatic N) is 1. The number of carbonyl (C=O) groups excluding carboxylic acids is 1. The van der Waals surface area contributed by atoms with E-state index < -0.39 is 64.1 Å². The highest BCUT2D eigenvalue weighted by molar-refractivity contribution is 6.31. The molecule has 5 atom stereocenters. The highest BCUT2D eigenvalue weighted by Gasteiger charge is 2.60. The molecule has 0 amide bonds. The highest BCUT2D eigenvalue weighted by atomic mass is 35.5. The van der Waals surface area contributed by atoms with Crippen molar-refractivity contribution < 1.29 is 32.6 Å². The van der Waals surface area contributed by atoms with Crippen LogP contribution in [0.25, 0.3) is 0 Å². The number of nitriles is 1. The first-order chi connectivity index (χ1) is 18.5. The molecule has 0 radical (unpaired) electrons. The smallest absolute Gasteiger partial charge is 0.394 e. The van der Waals surface area contributed by atoms with Gasteiger partial charge in [0.1, 0.15) is 17.0 Å². The molecule has 0 spiro atoms. The molecule has 1 aliphatic rings. The molecule has 1 saturated heterocycles. The molecule has 0 unspecified atom stereocenters. The third-order valence-electron chi connectivity index (χ3n) is 7.31. The van der Waals surface area contributed by atoms with E-state index in [-0.39, 0.29) is 41.2 Å². The zero-order valence-electron chi connectivity index (χ0n) is 22.3. The molecule has 0 aromatic heterocycles. The van der Waals surface area contributed by atoms with E-state index in [0.29, 0.717) is 6.42 Å². The van der Waals surface area contributed by atoms with E-state index in [1.165, 1.54) is 18.2 Å². The molecule has 1 fully saturated rings. The number of ketones is 1. The number of benzene rings is 2. The van der Waals surface area contributed by atoms with Crippen molar-refractivity contribution in [2.75, 3.05) is 6.61 Å². The number of Topliss-reactive ketones (excluding diaryl/α,β-unsaturated/α-hetero) is 1. The zero-order chi connectivity index (χ0) is 30.0. The summed E-state index contributed by atoms with van der Waals surface area (Å²) < 4.78 is 56.2. The summed E-state index contributed by atoms with van der Waals surface area (Å²) in [5, 5.41) is 32.4. The first-order valence-corrected chi connectivity index (χ1v) is 13.6. The standard InChI is InChI=1S/C29H32Cl2F4N2O3/c1-27(2,3)13-24-28(15-36,20-10-8-17(30)12-22(20)32)25(16-7-9-19(21(31)11-16)29(33,34)35)26(37-24)23(40)6-4-5-18(39)14-38/h7-12,18,24-26,37-39H,4-6,13-14H2,1-3H3/t18-,24-,25-,26-,28-/m0/s1. The zero-order valence-corrected chi connectivity index (χ0v) is 23.8. The summed E-state index contributed by atoms with van der Waals surface area (Å²) in [5.41, 5.74) is -3.06. The molecule has 40 heavy (non-hydrogen) atoms. The predicted octanol–water partition coefficient (Wildman–Crippen LogP) is 6.57. The van der Waals surface area contributed by atoms with Gasteiger partial charge in [0.15, 0.2) is 0 Å². The third kappa shape index (κ3) is 6.80. The van der Waals surface area contributed by atoms with E-state index in [1.54, 1.807) is 0 Å². The van der Waals surface area contributed by atoms with E-state index in [2.05, 4.69) is 11.4 Å². The van der Waals surface area contributed by atoms with Gasteiger partial charge in [-0.25, -0.2) is 4.39 Å². The predicted molar refractivity (Wildman–Crippen MR) is 145 cm³/mol. The van der Waals surface area contributed by atoms with Gasteiger partial charge >= 0.3 is 6.18 Å². The van der Waals surface area contributed by atoms with Crippen molar-refractivity contribution in [2.24, 2.45) is 5.41 Å². The Labute approximate surface area is 241 Å². The molecule has 5 nitrogen and oxygen atoms in total. The van der Waals surface area contributed by atoms with Gasteiger partial charge in [0.2, 0.25) is 0 Å². The van der Waals surface area contributed by atoms with Crippen LogP contribution in [0.15, 0.2) is 36.4 Å². The summed E-state index contributed by atoms with van der Waals surface area (Å²) in [6.07, 6.45) is -5.10. The minimum Gasteiger partial charge on any atom is -0.394 e. The molecular formula is C29H32Cl2F4N2O3. The van der Waals surface area contributed by atoms with Gasteiger partial charge in [0.05, 0.1) is 35.4 Å². The van der Waals surface area contributed by atoms with Crippen molar-refractivity contribution in [2.45, 2.75) is 82.2 Å². The fraction of sp³-hybridized carbons (Fsp3) is 0.517. The van der Waals surface area contributed by atoms with Crippen LogP contribution in [0.4, 0.5) is 17.6 Å². The number of nitrogens with one attached hydrogen (secondary N) is 1. The molecule has 11 heteroatoms. The van der Waals surface area contributed by atoms with Gasteiger partial charge in [-0.05, 0) is 54.5 Å². The van der Waals surface area contributed by atoms with Crippen LogP contribution in [0, 0.1) is 22.6 Å². The Morgan fingerprint density at radius 3 is 2.38 bits per heavy atom. The number of aliphatic hydroxyl groups is 2. The number of hydrogen-bond donors (Lipinski definition) is 3. The van der Waals surface area contributed by atoms with Gasteiger partial charge < -0.3 is 15.5 Å².